The summed E-state index contributed by atoms with van der Waals surface area (Å²) in [5, 5.41) is 5.96. The molecular weight excluding hydrogens is 236 g/mol. The van der Waals surface area contributed by atoms with Gasteiger partial charge in [0.15, 0.2) is 0 Å². The van der Waals surface area contributed by atoms with Gasteiger partial charge in [-0.25, -0.2) is 4.98 Å². The number of fused-ring (bicyclic) bond motifs is 1. The fourth-order valence-corrected chi connectivity index (χ4v) is 2.60. The molecule has 1 aliphatic heterocycles. The lowest BCUT2D eigenvalue weighted by Crippen LogP contribution is -2.33. The average Bonchev–Trinajstić information content (AvgIpc) is 2.46. The van der Waals surface area contributed by atoms with Gasteiger partial charge in [-0.1, -0.05) is 31.2 Å². The highest BCUT2D eigenvalue weighted by Gasteiger charge is 2.27. The second-order valence-electron chi connectivity index (χ2n) is 5.66. The highest BCUT2D eigenvalue weighted by Crippen LogP contribution is 2.30. The van der Waals surface area contributed by atoms with Crippen LogP contribution in [0, 0.1) is 5.41 Å². The van der Waals surface area contributed by atoms with E-state index in [4.69, 9.17) is 4.74 Å². The molecule has 0 saturated carbocycles. The molecule has 1 N–H and O–H groups in total. The van der Waals surface area contributed by atoms with Gasteiger partial charge < -0.3 is 10.1 Å². The molecule has 1 aromatic heterocycles. The molecule has 0 spiro atoms. The number of nitrogens with one attached hydrogen (secondary N) is 1. The third-order valence-corrected chi connectivity index (χ3v) is 4.06. The predicted molar refractivity (Wildman–Crippen MR) is 78.4 cm³/mol. The van der Waals surface area contributed by atoms with Gasteiger partial charge in [0, 0.05) is 31.3 Å². The summed E-state index contributed by atoms with van der Waals surface area (Å²) < 4.78 is 5.44. The topological polar surface area (TPSA) is 34.2 Å². The van der Waals surface area contributed by atoms with Gasteiger partial charge in [0.05, 0.1) is 0 Å². The zero-order valence-corrected chi connectivity index (χ0v) is 11.4. The molecule has 100 valence electrons. The van der Waals surface area contributed by atoms with E-state index in [1.165, 1.54) is 10.8 Å². The van der Waals surface area contributed by atoms with Crippen molar-refractivity contribution in [2.75, 3.05) is 25.1 Å². The monoisotopic (exact) mass is 256 g/mol. The molecule has 2 heterocycles. The van der Waals surface area contributed by atoms with Crippen LogP contribution in [0.25, 0.3) is 10.8 Å². The molecule has 3 nitrogen and oxygen atoms in total. The van der Waals surface area contributed by atoms with E-state index in [1.54, 1.807) is 0 Å². The Morgan fingerprint density at radius 2 is 2.00 bits per heavy atom. The van der Waals surface area contributed by atoms with Gasteiger partial charge in [-0.15, -0.1) is 0 Å². The normalized spacial score (nSPS) is 18.4. The third kappa shape index (κ3) is 2.71. The minimum Gasteiger partial charge on any atom is -0.381 e. The Bertz CT molecular complexity index is 556. The quantitative estimate of drug-likeness (QED) is 0.913. The molecule has 3 rings (SSSR count). The second-order valence-corrected chi connectivity index (χ2v) is 5.66. The Morgan fingerprint density at radius 1 is 1.21 bits per heavy atom. The van der Waals surface area contributed by atoms with Crippen LogP contribution in [-0.4, -0.2) is 24.7 Å². The molecule has 1 aromatic carbocycles. The molecular formula is C16H20N2O. The molecule has 0 aliphatic carbocycles. The number of pyridine rings is 1. The number of benzene rings is 1. The predicted octanol–water partition coefficient (Wildman–Crippen LogP) is 3.46. The highest BCUT2D eigenvalue weighted by atomic mass is 16.5. The van der Waals surface area contributed by atoms with Gasteiger partial charge in [-0.2, -0.15) is 0 Å². The molecule has 19 heavy (non-hydrogen) atoms. The lowest BCUT2D eigenvalue weighted by molar-refractivity contribution is 0.0300. The van der Waals surface area contributed by atoms with Crippen LogP contribution in [0.15, 0.2) is 36.5 Å². The fraction of sp³-hybridized carbons (Fsp3) is 0.438. The van der Waals surface area contributed by atoms with Crippen molar-refractivity contribution in [3.63, 3.8) is 0 Å². The Balaban J connectivity index is 1.78. The van der Waals surface area contributed by atoms with E-state index in [0.717, 1.165) is 38.4 Å². The summed E-state index contributed by atoms with van der Waals surface area (Å²) >= 11 is 0. The maximum atomic E-state index is 5.44. The first-order chi connectivity index (χ1) is 9.27. The van der Waals surface area contributed by atoms with Crippen LogP contribution >= 0.6 is 0 Å². The zero-order valence-electron chi connectivity index (χ0n) is 11.4. The molecule has 0 unspecified atom stereocenters. The maximum absolute atomic E-state index is 5.44. The average molecular weight is 256 g/mol. The van der Waals surface area contributed by atoms with Crippen LogP contribution in [0.4, 0.5) is 5.82 Å². The van der Waals surface area contributed by atoms with E-state index in [9.17, 15) is 0 Å². The van der Waals surface area contributed by atoms with Crippen LogP contribution in [0.5, 0.6) is 0 Å². The summed E-state index contributed by atoms with van der Waals surface area (Å²) in [6.45, 7) is 5.04. The number of rotatable bonds is 3. The van der Waals surface area contributed by atoms with Crippen LogP contribution in [0.3, 0.4) is 0 Å². The zero-order chi connectivity index (χ0) is 13.1. The SMILES string of the molecule is CC1(CNc2nccc3ccccc23)CCOCC1. The summed E-state index contributed by atoms with van der Waals surface area (Å²) in [6, 6.07) is 10.4. The highest BCUT2D eigenvalue weighted by molar-refractivity contribution is 5.91. The Labute approximate surface area is 114 Å². The Morgan fingerprint density at radius 3 is 2.84 bits per heavy atom. The Kier molecular flexibility index (Phi) is 3.38. The minimum atomic E-state index is 0.316. The van der Waals surface area contributed by atoms with E-state index >= 15 is 0 Å². The number of ether oxygens (including phenoxy) is 1. The van der Waals surface area contributed by atoms with Crippen molar-refractivity contribution in [1.82, 2.24) is 4.98 Å². The molecule has 0 amide bonds. The molecule has 2 aromatic rings. The van der Waals surface area contributed by atoms with E-state index < -0.39 is 0 Å². The first-order valence-electron chi connectivity index (χ1n) is 6.92. The summed E-state index contributed by atoms with van der Waals surface area (Å²) in [7, 11) is 0. The van der Waals surface area contributed by atoms with Crippen LogP contribution < -0.4 is 5.32 Å². The van der Waals surface area contributed by atoms with Gasteiger partial charge in [0.25, 0.3) is 0 Å². The lowest BCUT2D eigenvalue weighted by Gasteiger charge is -2.33. The second kappa shape index (κ2) is 5.17. The number of nitrogens with zero attached hydrogens (tertiary/aromatic N) is 1. The smallest absolute Gasteiger partial charge is 0.133 e. The molecule has 1 aliphatic rings. The molecule has 1 fully saturated rings. The van der Waals surface area contributed by atoms with Gasteiger partial charge in [0.1, 0.15) is 5.82 Å². The van der Waals surface area contributed by atoms with Crippen molar-refractivity contribution in [1.29, 1.82) is 0 Å². The van der Waals surface area contributed by atoms with Crippen LogP contribution in [0.1, 0.15) is 19.8 Å². The van der Waals surface area contributed by atoms with E-state index in [0.29, 0.717) is 5.41 Å². The number of aromatic nitrogens is 1. The van der Waals surface area contributed by atoms with Crippen molar-refractivity contribution in [3.8, 4) is 0 Å². The molecule has 0 atom stereocenters. The fourth-order valence-electron chi connectivity index (χ4n) is 2.60. The standard InChI is InChI=1S/C16H20N2O/c1-16(7-10-19-11-8-16)12-18-15-14-5-3-2-4-13(14)6-9-17-15/h2-6,9H,7-8,10-12H2,1H3,(H,17,18). The van der Waals surface area contributed by atoms with Gasteiger partial charge in [0.2, 0.25) is 0 Å². The first kappa shape index (κ1) is 12.4. The van der Waals surface area contributed by atoms with Crippen LogP contribution in [0.2, 0.25) is 0 Å². The Hall–Kier alpha value is -1.61. The number of hydrogen-bond donors (Lipinski definition) is 1. The summed E-state index contributed by atoms with van der Waals surface area (Å²) in [5.41, 5.74) is 0.316. The van der Waals surface area contributed by atoms with Crippen LogP contribution in [-0.2, 0) is 4.74 Å². The van der Waals surface area contributed by atoms with Crippen molar-refractivity contribution >= 4 is 16.6 Å². The van der Waals surface area contributed by atoms with E-state index in [2.05, 4.69) is 47.6 Å². The van der Waals surface area contributed by atoms with Crippen molar-refractivity contribution in [2.45, 2.75) is 19.8 Å². The molecule has 0 radical (unpaired) electrons. The van der Waals surface area contributed by atoms with E-state index in [-0.39, 0.29) is 0 Å². The van der Waals surface area contributed by atoms with Gasteiger partial charge >= 0.3 is 0 Å². The summed E-state index contributed by atoms with van der Waals surface area (Å²) in [4.78, 5) is 4.48. The first-order valence-corrected chi connectivity index (χ1v) is 6.92. The summed E-state index contributed by atoms with van der Waals surface area (Å²) in [6.07, 6.45) is 4.10. The maximum Gasteiger partial charge on any atom is 0.133 e. The third-order valence-electron chi connectivity index (χ3n) is 4.06. The van der Waals surface area contributed by atoms with Gasteiger partial charge in [-0.05, 0) is 29.7 Å². The van der Waals surface area contributed by atoms with E-state index in [1.807, 2.05) is 6.20 Å². The summed E-state index contributed by atoms with van der Waals surface area (Å²) in [5.74, 6) is 0.991. The largest absolute Gasteiger partial charge is 0.381 e. The van der Waals surface area contributed by atoms with Crippen molar-refractivity contribution in [3.05, 3.63) is 36.5 Å². The number of hydrogen-bond acceptors (Lipinski definition) is 3. The minimum absolute atomic E-state index is 0.316. The number of anilines is 1. The lowest BCUT2D eigenvalue weighted by atomic mass is 9.82. The molecule has 0 bridgehead atoms. The molecule has 1 saturated heterocycles. The van der Waals surface area contributed by atoms with Gasteiger partial charge in [-0.3, -0.25) is 0 Å². The van der Waals surface area contributed by atoms with Crippen molar-refractivity contribution < 1.29 is 4.74 Å². The van der Waals surface area contributed by atoms with Crippen molar-refractivity contribution in [2.24, 2.45) is 5.41 Å². The molecule has 3 heteroatoms.